The lowest BCUT2D eigenvalue weighted by Gasteiger charge is -2.11. The van der Waals surface area contributed by atoms with Crippen LogP contribution in [0.15, 0.2) is 83.7 Å². The molecule has 0 amide bonds. The average Bonchev–Trinajstić information content (AvgIpc) is 2.84. The molecule has 7 nitrogen and oxygen atoms in total. The number of hydrogen-bond donors (Lipinski definition) is 0. The number of fused-ring (bicyclic) bond motifs is 1. The van der Waals surface area contributed by atoms with Crippen molar-refractivity contribution in [2.75, 3.05) is 19.8 Å². The van der Waals surface area contributed by atoms with Gasteiger partial charge in [0.2, 0.25) is 0 Å². The number of hydrogen-bond acceptors (Lipinski definition) is 6. The van der Waals surface area contributed by atoms with Gasteiger partial charge in [-0.3, -0.25) is 4.79 Å². The molecule has 0 aliphatic rings. The van der Waals surface area contributed by atoms with Crippen LogP contribution in [0.5, 0.6) is 11.5 Å². The van der Waals surface area contributed by atoms with Gasteiger partial charge in [-0.2, -0.15) is 9.78 Å². The van der Waals surface area contributed by atoms with E-state index in [0.717, 1.165) is 5.75 Å². The summed E-state index contributed by atoms with van der Waals surface area (Å²) in [5.74, 6) is 0.782. The highest BCUT2D eigenvalue weighted by Gasteiger charge is 2.18. The number of para-hydroxylation sites is 1. The Labute approximate surface area is 184 Å². The molecule has 1 heterocycles. The van der Waals surface area contributed by atoms with Gasteiger partial charge in [-0.25, -0.2) is 4.79 Å². The van der Waals surface area contributed by atoms with Crippen LogP contribution in [0.2, 0.25) is 0 Å². The maximum absolute atomic E-state index is 12.9. The Morgan fingerprint density at radius 3 is 2.12 bits per heavy atom. The van der Waals surface area contributed by atoms with Crippen LogP contribution < -0.4 is 15.0 Å². The zero-order valence-corrected chi connectivity index (χ0v) is 17.6. The van der Waals surface area contributed by atoms with E-state index in [9.17, 15) is 9.59 Å². The topological polar surface area (TPSA) is 79.7 Å². The Morgan fingerprint density at radius 1 is 0.812 bits per heavy atom. The first-order valence-corrected chi connectivity index (χ1v) is 10.3. The molecular weight excluding hydrogens is 408 g/mol. The highest BCUT2D eigenvalue weighted by Crippen LogP contribution is 2.18. The molecule has 7 heteroatoms. The Kier molecular flexibility index (Phi) is 6.46. The second-order valence-corrected chi connectivity index (χ2v) is 6.84. The van der Waals surface area contributed by atoms with Crippen molar-refractivity contribution < 1.29 is 19.0 Å². The van der Waals surface area contributed by atoms with Crippen molar-refractivity contribution in [2.45, 2.75) is 6.92 Å². The fraction of sp³-hybridized carbons (Fsp3) is 0.160. The molecule has 4 aromatic rings. The minimum Gasteiger partial charge on any atom is -0.494 e. The third kappa shape index (κ3) is 4.62. The van der Waals surface area contributed by atoms with Crippen LogP contribution in [-0.2, 0) is 4.74 Å². The van der Waals surface area contributed by atoms with Crippen molar-refractivity contribution in [3.63, 3.8) is 0 Å². The lowest BCUT2D eigenvalue weighted by atomic mass is 10.1. The Hall–Kier alpha value is -4.13. The van der Waals surface area contributed by atoms with Crippen LogP contribution in [-0.4, -0.2) is 35.6 Å². The molecule has 4 rings (SSSR count). The maximum Gasteiger partial charge on any atom is 0.359 e. The van der Waals surface area contributed by atoms with E-state index in [1.807, 2.05) is 25.1 Å². The zero-order chi connectivity index (χ0) is 22.3. The van der Waals surface area contributed by atoms with Crippen molar-refractivity contribution >= 4 is 16.7 Å². The number of rotatable bonds is 8. The number of ether oxygens (including phenoxy) is 3. The summed E-state index contributed by atoms with van der Waals surface area (Å²) < 4.78 is 17.6. The Balaban J connectivity index is 1.49. The number of aromatic nitrogens is 2. The van der Waals surface area contributed by atoms with Gasteiger partial charge in [0.15, 0.2) is 5.69 Å². The number of carbonyl (C=O) groups is 1. The molecule has 3 aromatic carbocycles. The molecule has 0 aliphatic carbocycles. The average molecular weight is 430 g/mol. The first-order valence-electron chi connectivity index (χ1n) is 10.3. The predicted molar refractivity (Wildman–Crippen MR) is 121 cm³/mol. The third-order valence-electron chi connectivity index (χ3n) is 4.72. The SMILES string of the molecule is CCOc1ccc(OCCOC(=O)c2nn(-c3ccccc3)c(=O)c3ccccc23)cc1. The normalized spacial score (nSPS) is 10.7. The lowest BCUT2D eigenvalue weighted by molar-refractivity contribution is 0.0444. The van der Waals surface area contributed by atoms with Gasteiger partial charge >= 0.3 is 5.97 Å². The summed E-state index contributed by atoms with van der Waals surface area (Å²) in [7, 11) is 0. The van der Waals surface area contributed by atoms with Gasteiger partial charge in [-0.1, -0.05) is 36.4 Å². The number of carbonyl (C=O) groups excluding carboxylic acids is 1. The summed E-state index contributed by atoms with van der Waals surface area (Å²) in [6.07, 6.45) is 0. The van der Waals surface area contributed by atoms with Crippen LogP contribution in [0.3, 0.4) is 0 Å². The molecule has 0 saturated heterocycles. The summed E-state index contributed by atoms with van der Waals surface area (Å²) in [5.41, 5.74) is 0.337. The number of esters is 1. The second-order valence-electron chi connectivity index (χ2n) is 6.84. The summed E-state index contributed by atoms with van der Waals surface area (Å²) in [6, 6.07) is 23.0. The number of nitrogens with zero attached hydrogens (tertiary/aromatic N) is 2. The molecule has 0 N–H and O–H groups in total. The summed E-state index contributed by atoms with van der Waals surface area (Å²) in [5, 5.41) is 5.15. The fourth-order valence-electron chi connectivity index (χ4n) is 3.25. The van der Waals surface area contributed by atoms with Gasteiger partial charge in [-0.05, 0) is 49.4 Å². The van der Waals surface area contributed by atoms with E-state index >= 15 is 0 Å². The monoisotopic (exact) mass is 430 g/mol. The minimum absolute atomic E-state index is 0.0342. The second kappa shape index (κ2) is 9.78. The highest BCUT2D eigenvalue weighted by molar-refractivity contribution is 6.02. The summed E-state index contributed by atoms with van der Waals surface area (Å²) in [6.45, 7) is 2.72. The zero-order valence-electron chi connectivity index (χ0n) is 17.6. The molecule has 0 spiro atoms. The largest absolute Gasteiger partial charge is 0.494 e. The first kappa shape index (κ1) is 21.1. The van der Waals surface area contributed by atoms with E-state index < -0.39 is 5.97 Å². The van der Waals surface area contributed by atoms with E-state index in [1.54, 1.807) is 60.7 Å². The van der Waals surface area contributed by atoms with E-state index in [0.29, 0.717) is 28.8 Å². The molecule has 1 aromatic heterocycles. The van der Waals surface area contributed by atoms with Crippen molar-refractivity contribution in [1.29, 1.82) is 0 Å². The van der Waals surface area contributed by atoms with Crippen LogP contribution in [0.4, 0.5) is 0 Å². The minimum atomic E-state index is -0.624. The Bertz CT molecular complexity index is 1270. The van der Waals surface area contributed by atoms with Gasteiger partial charge < -0.3 is 14.2 Å². The van der Waals surface area contributed by atoms with Gasteiger partial charge in [0, 0.05) is 5.39 Å². The standard InChI is InChI=1S/C25H22N2O5/c1-2-30-19-12-14-20(15-13-19)31-16-17-32-25(29)23-21-10-6-7-11-22(21)24(28)27(26-23)18-8-4-3-5-9-18/h3-15H,2,16-17H2,1H3. The van der Waals surface area contributed by atoms with Gasteiger partial charge in [0.25, 0.3) is 5.56 Å². The van der Waals surface area contributed by atoms with Crippen LogP contribution in [0, 0.1) is 0 Å². The molecule has 0 fully saturated rings. The molecule has 0 radical (unpaired) electrons. The van der Waals surface area contributed by atoms with Crippen molar-refractivity contribution in [3.05, 3.63) is 94.9 Å². The van der Waals surface area contributed by atoms with Crippen molar-refractivity contribution in [2.24, 2.45) is 0 Å². The van der Waals surface area contributed by atoms with E-state index in [2.05, 4.69) is 5.10 Å². The van der Waals surface area contributed by atoms with Crippen molar-refractivity contribution in [1.82, 2.24) is 9.78 Å². The molecule has 0 bridgehead atoms. The first-order chi connectivity index (χ1) is 15.7. The third-order valence-corrected chi connectivity index (χ3v) is 4.72. The molecule has 32 heavy (non-hydrogen) atoms. The summed E-state index contributed by atoms with van der Waals surface area (Å²) in [4.78, 5) is 25.7. The van der Waals surface area contributed by atoms with Crippen LogP contribution >= 0.6 is 0 Å². The molecule has 162 valence electrons. The van der Waals surface area contributed by atoms with Gasteiger partial charge in [0.05, 0.1) is 17.7 Å². The quantitative estimate of drug-likeness (QED) is 0.310. The van der Waals surface area contributed by atoms with E-state index in [4.69, 9.17) is 14.2 Å². The predicted octanol–water partition coefficient (Wildman–Crippen LogP) is 4.02. The fourth-order valence-corrected chi connectivity index (χ4v) is 3.25. The van der Waals surface area contributed by atoms with Gasteiger partial charge in [0.1, 0.15) is 24.7 Å². The smallest absolute Gasteiger partial charge is 0.359 e. The van der Waals surface area contributed by atoms with E-state index in [-0.39, 0.29) is 24.5 Å². The van der Waals surface area contributed by atoms with Gasteiger partial charge in [-0.15, -0.1) is 0 Å². The summed E-state index contributed by atoms with van der Waals surface area (Å²) >= 11 is 0. The lowest BCUT2D eigenvalue weighted by Crippen LogP contribution is -2.25. The number of benzene rings is 3. The molecule has 0 atom stereocenters. The molecule has 0 aliphatic heterocycles. The highest BCUT2D eigenvalue weighted by atomic mass is 16.6. The van der Waals surface area contributed by atoms with E-state index in [1.165, 1.54) is 4.68 Å². The molecular formula is C25H22N2O5. The molecule has 0 unspecified atom stereocenters. The maximum atomic E-state index is 12.9. The Morgan fingerprint density at radius 2 is 1.44 bits per heavy atom. The van der Waals surface area contributed by atoms with Crippen molar-refractivity contribution in [3.8, 4) is 17.2 Å². The molecule has 0 saturated carbocycles. The van der Waals surface area contributed by atoms with Crippen LogP contribution in [0.25, 0.3) is 16.5 Å². The van der Waals surface area contributed by atoms with Crippen LogP contribution in [0.1, 0.15) is 17.4 Å².